The molecule has 1 fully saturated rings. The lowest BCUT2D eigenvalue weighted by molar-refractivity contribution is 0.276. The molecule has 0 aromatic heterocycles. The Balaban J connectivity index is 2.00. The first-order valence-corrected chi connectivity index (χ1v) is 8.45. The average molecular weight is 322 g/mol. The van der Waals surface area contributed by atoms with Gasteiger partial charge in [-0.05, 0) is 18.8 Å². The lowest BCUT2D eigenvalue weighted by Gasteiger charge is -2.31. The Morgan fingerprint density at radius 3 is 2.71 bits per heavy atom. The molecule has 1 aliphatic heterocycles. The second kappa shape index (κ2) is 6.23. The molecule has 0 saturated carbocycles. The van der Waals surface area contributed by atoms with Gasteiger partial charge in [0.25, 0.3) is 0 Å². The van der Waals surface area contributed by atoms with E-state index in [4.69, 9.17) is 0 Å². The molecule has 1 saturated heterocycles. The van der Waals surface area contributed by atoms with Gasteiger partial charge >= 0.3 is 0 Å². The summed E-state index contributed by atoms with van der Waals surface area (Å²) in [6.07, 6.45) is 2.63. The highest BCUT2D eigenvalue weighted by molar-refractivity contribution is 7.88. The number of halogens is 3. The van der Waals surface area contributed by atoms with Crippen molar-refractivity contribution in [2.75, 3.05) is 31.2 Å². The lowest BCUT2D eigenvalue weighted by Crippen LogP contribution is -2.41. The van der Waals surface area contributed by atoms with Crippen LogP contribution in [0.2, 0.25) is 0 Å². The molecule has 1 aromatic rings. The fourth-order valence-electron chi connectivity index (χ4n) is 2.43. The number of nitrogens with one attached hydrogen (secondary N) is 1. The zero-order valence-corrected chi connectivity index (χ0v) is 12.4. The number of piperidine rings is 1. The molecule has 21 heavy (non-hydrogen) atoms. The minimum Gasteiger partial charge on any atom is -0.382 e. The number of benzene rings is 1. The first-order valence-electron chi connectivity index (χ1n) is 6.61. The Morgan fingerprint density at radius 1 is 1.33 bits per heavy atom. The van der Waals surface area contributed by atoms with E-state index in [9.17, 15) is 21.6 Å². The van der Waals surface area contributed by atoms with Gasteiger partial charge in [-0.25, -0.2) is 25.9 Å². The van der Waals surface area contributed by atoms with Gasteiger partial charge in [0.05, 0.1) is 11.9 Å². The van der Waals surface area contributed by atoms with Crippen molar-refractivity contribution < 1.29 is 21.6 Å². The predicted molar refractivity (Wildman–Crippen MR) is 73.9 cm³/mol. The summed E-state index contributed by atoms with van der Waals surface area (Å²) in [4.78, 5) is 0. The van der Waals surface area contributed by atoms with Crippen LogP contribution in [-0.2, 0) is 10.0 Å². The first-order chi connectivity index (χ1) is 9.77. The molecule has 0 spiro atoms. The molecule has 118 valence electrons. The Morgan fingerprint density at radius 2 is 2.05 bits per heavy atom. The van der Waals surface area contributed by atoms with Crippen molar-refractivity contribution in [2.45, 2.75) is 12.8 Å². The van der Waals surface area contributed by atoms with Crippen molar-refractivity contribution in [3.8, 4) is 0 Å². The summed E-state index contributed by atoms with van der Waals surface area (Å²) in [5.41, 5.74) is -0.246. The van der Waals surface area contributed by atoms with E-state index >= 15 is 0 Å². The van der Waals surface area contributed by atoms with Crippen LogP contribution in [0.1, 0.15) is 12.8 Å². The summed E-state index contributed by atoms with van der Waals surface area (Å²) in [7, 11) is -3.25. The number of nitrogens with zero attached hydrogens (tertiary/aromatic N) is 1. The monoisotopic (exact) mass is 322 g/mol. The fraction of sp³-hybridized carbons (Fsp3) is 0.538. The highest BCUT2D eigenvalue weighted by atomic mass is 32.2. The van der Waals surface area contributed by atoms with E-state index in [0.717, 1.165) is 18.7 Å². The quantitative estimate of drug-likeness (QED) is 0.865. The molecule has 0 aliphatic carbocycles. The topological polar surface area (TPSA) is 49.4 Å². The Hall–Kier alpha value is -1.28. The molecule has 1 heterocycles. The number of hydrogen-bond acceptors (Lipinski definition) is 3. The van der Waals surface area contributed by atoms with Gasteiger partial charge in [0.1, 0.15) is 5.82 Å². The zero-order valence-electron chi connectivity index (χ0n) is 11.6. The fourth-order valence-corrected chi connectivity index (χ4v) is 3.38. The van der Waals surface area contributed by atoms with Crippen LogP contribution in [0.5, 0.6) is 0 Å². The van der Waals surface area contributed by atoms with Gasteiger partial charge in [-0.2, -0.15) is 0 Å². The average Bonchev–Trinajstić information content (AvgIpc) is 2.40. The standard InChI is InChI=1S/C13H17F3N2O2S/c1-21(19,20)18-4-2-3-9(8-18)7-17-12-6-10(14)5-11(15)13(12)16/h5-6,9,17H,2-4,7-8H2,1H3. The predicted octanol–water partition coefficient (Wildman–Crippen LogP) is 2.19. The molecule has 1 atom stereocenters. The Kier molecular flexibility index (Phi) is 4.77. The second-order valence-electron chi connectivity index (χ2n) is 5.26. The molecule has 1 aromatic carbocycles. The third-order valence-corrected chi connectivity index (χ3v) is 4.79. The largest absolute Gasteiger partial charge is 0.382 e. The van der Waals surface area contributed by atoms with Crippen LogP contribution in [0.3, 0.4) is 0 Å². The van der Waals surface area contributed by atoms with Crippen LogP contribution >= 0.6 is 0 Å². The zero-order chi connectivity index (χ0) is 15.6. The van der Waals surface area contributed by atoms with Crippen LogP contribution < -0.4 is 5.32 Å². The summed E-state index contributed by atoms with van der Waals surface area (Å²) < 4.78 is 64.0. The second-order valence-corrected chi connectivity index (χ2v) is 7.24. The molecular formula is C13H17F3N2O2S. The van der Waals surface area contributed by atoms with Crippen molar-refractivity contribution in [3.05, 3.63) is 29.6 Å². The molecule has 1 N–H and O–H groups in total. The molecule has 0 amide bonds. The molecular weight excluding hydrogens is 305 g/mol. The first kappa shape index (κ1) is 16.1. The Labute approximate surface area is 122 Å². The minimum absolute atomic E-state index is 0.0285. The summed E-state index contributed by atoms with van der Waals surface area (Å²) in [6, 6.07) is 1.36. The molecule has 1 aliphatic rings. The van der Waals surface area contributed by atoms with Gasteiger partial charge in [0.15, 0.2) is 11.6 Å². The van der Waals surface area contributed by atoms with E-state index < -0.39 is 27.5 Å². The van der Waals surface area contributed by atoms with Crippen molar-refractivity contribution in [1.29, 1.82) is 0 Å². The van der Waals surface area contributed by atoms with Crippen molar-refractivity contribution >= 4 is 15.7 Å². The SMILES string of the molecule is CS(=O)(=O)N1CCCC(CNc2cc(F)cc(F)c2F)C1. The number of anilines is 1. The Bertz CT molecular complexity index is 622. The van der Waals surface area contributed by atoms with Crippen LogP contribution in [0.15, 0.2) is 12.1 Å². The van der Waals surface area contributed by atoms with Gasteiger partial charge < -0.3 is 5.32 Å². The van der Waals surface area contributed by atoms with E-state index in [1.807, 2.05) is 0 Å². The van der Waals surface area contributed by atoms with Crippen LogP contribution in [0.4, 0.5) is 18.9 Å². The van der Waals surface area contributed by atoms with Crippen LogP contribution in [0, 0.1) is 23.4 Å². The number of rotatable bonds is 4. The van der Waals surface area contributed by atoms with Gasteiger partial charge in [0, 0.05) is 31.8 Å². The molecule has 2 rings (SSSR count). The normalized spacial score (nSPS) is 20.5. The molecule has 4 nitrogen and oxygen atoms in total. The van der Waals surface area contributed by atoms with E-state index in [2.05, 4.69) is 5.32 Å². The van der Waals surface area contributed by atoms with E-state index in [0.29, 0.717) is 25.6 Å². The highest BCUT2D eigenvalue weighted by Crippen LogP contribution is 2.22. The molecule has 0 radical (unpaired) electrons. The van der Waals surface area contributed by atoms with Crippen molar-refractivity contribution in [3.63, 3.8) is 0 Å². The van der Waals surface area contributed by atoms with Gasteiger partial charge in [-0.15, -0.1) is 0 Å². The van der Waals surface area contributed by atoms with Crippen molar-refractivity contribution in [1.82, 2.24) is 4.31 Å². The summed E-state index contributed by atoms with van der Waals surface area (Å²) in [6.45, 7) is 1.05. The minimum atomic E-state index is -3.25. The lowest BCUT2D eigenvalue weighted by atomic mass is 9.99. The molecule has 0 bridgehead atoms. The van der Waals surface area contributed by atoms with Crippen molar-refractivity contribution in [2.24, 2.45) is 5.92 Å². The van der Waals surface area contributed by atoms with Gasteiger partial charge in [0.2, 0.25) is 10.0 Å². The number of sulfonamides is 1. The maximum Gasteiger partial charge on any atom is 0.211 e. The van der Waals surface area contributed by atoms with Crippen LogP contribution in [-0.4, -0.2) is 38.6 Å². The summed E-state index contributed by atoms with van der Waals surface area (Å²) >= 11 is 0. The smallest absolute Gasteiger partial charge is 0.211 e. The maximum absolute atomic E-state index is 13.5. The van der Waals surface area contributed by atoms with E-state index in [1.54, 1.807) is 0 Å². The summed E-state index contributed by atoms with van der Waals surface area (Å²) in [5.74, 6) is -3.27. The summed E-state index contributed by atoms with van der Waals surface area (Å²) in [5, 5.41) is 2.66. The molecule has 8 heteroatoms. The third-order valence-electron chi connectivity index (χ3n) is 3.52. The molecule has 1 unspecified atom stereocenters. The van der Waals surface area contributed by atoms with E-state index in [-0.39, 0.29) is 18.2 Å². The van der Waals surface area contributed by atoms with Gasteiger partial charge in [-0.1, -0.05) is 0 Å². The third kappa shape index (κ3) is 4.10. The maximum atomic E-state index is 13.5. The highest BCUT2D eigenvalue weighted by Gasteiger charge is 2.26. The number of hydrogen-bond donors (Lipinski definition) is 1. The van der Waals surface area contributed by atoms with Crippen LogP contribution in [0.25, 0.3) is 0 Å². The van der Waals surface area contributed by atoms with E-state index in [1.165, 1.54) is 4.31 Å². The van der Waals surface area contributed by atoms with Gasteiger partial charge in [-0.3, -0.25) is 0 Å².